The summed E-state index contributed by atoms with van der Waals surface area (Å²) >= 11 is 1.38. The van der Waals surface area contributed by atoms with Gasteiger partial charge in [0.05, 0.1) is 18.3 Å². The highest BCUT2D eigenvalue weighted by Crippen LogP contribution is 2.38. The van der Waals surface area contributed by atoms with Crippen molar-refractivity contribution in [2.24, 2.45) is 0 Å². The average molecular weight is 424 g/mol. The van der Waals surface area contributed by atoms with Crippen LogP contribution >= 0.6 is 11.8 Å². The van der Waals surface area contributed by atoms with Crippen molar-refractivity contribution in [3.8, 4) is 5.75 Å². The van der Waals surface area contributed by atoms with Gasteiger partial charge in [0.15, 0.2) is 0 Å². The molecule has 8 heteroatoms. The number of anilines is 1. The summed E-state index contributed by atoms with van der Waals surface area (Å²) in [5.41, 5.74) is 1.55. The van der Waals surface area contributed by atoms with Gasteiger partial charge in [0.25, 0.3) is 0 Å². The van der Waals surface area contributed by atoms with Crippen LogP contribution in [0.25, 0.3) is 0 Å². The molecule has 1 heterocycles. The predicted molar refractivity (Wildman–Crippen MR) is 117 cm³/mol. The topological polar surface area (TPSA) is 81.9 Å². The monoisotopic (exact) mass is 423 g/mol. The predicted octanol–water partition coefficient (Wildman–Crippen LogP) is 4.66. The van der Waals surface area contributed by atoms with E-state index in [2.05, 4.69) is 20.8 Å². The fourth-order valence-corrected chi connectivity index (χ4v) is 4.74. The Kier molecular flexibility index (Phi) is 6.63. The van der Waals surface area contributed by atoms with E-state index in [9.17, 15) is 4.79 Å². The number of thioether (sulfide) groups is 1. The molecule has 1 amide bonds. The van der Waals surface area contributed by atoms with Crippen LogP contribution in [0.15, 0.2) is 59.8 Å². The summed E-state index contributed by atoms with van der Waals surface area (Å²) in [7, 11) is 0. The van der Waals surface area contributed by atoms with Crippen molar-refractivity contribution in [2.45, 2.75) is 49.1 Å². The lowest BCUT2D eigenvalue weighted by atomic mass is 10.1. The maximum atomic E-state index is 13.4. The molecule has 0 bridgehead atoms. The molecule has 1 atom stereocenters. The van der Waals surface area contributed by atoms with Gasteiger partial charge in [0, 0.05) is 0 Å². The average Bonchev–Trinajstić information content (AvgIpc) is 3.46. The van der Waals surface area contributed by atoms with E-state index in [0.717, 1.165) is 18.4 Å². The molecule has 0 aliphatic heterocycles. The van der Waals surface area contributed by atoms with E-state index in [1.54, 1.807) is 0 Å². The van der Waals surface area contributed by atoms with Gasteiger partial charge < -0.3 is 10.1 Å². The zero-order chi connectivity index (χ0) is 20.8. The molecule has 0 radical (unpaired) electrons. The number of nitrogens with zero attached hydrogens (tertiary/aromatic N) is 4. The number of para-hydroxylation sites is 2. The lowest BCUT2D eigenvalue weighted by Crippen LogP contribution is -2.20. The normalized spacial score (nSPS) is 15.1. The van der Waals surface area contributed by atoms with Crippen molar-refractivity contribution in [1.82, 2.24) is 20.2 Å². The summed E-state index contributed by atoms with van der Waals surface area (Å²) in [4.78, 5) is 13.4. The van der Waals surface area contributed by atoms with E-state index >= 15 is 0 Å². The maximum Gasteiger partial charge on any atom is 0.242 e. The molecule has 1 fully saturated rings. The fourth-order valence-electron chi connectivity index (χ4n) is 3.70. The van der Waals surface area contributed by atoms with Crippen molar-refractivity contribution in [3.05, 3.63) is 60.2 Å². The minimum absolute atomic E-state index is 0.140. The summed E-state index contributed by atoms with van der Waals surface area (Å²) in [6, 6.07) is 17.5. The molecular formula is C22H25N5O2S. The lowest BCUT2D eigenvalue weighted by Gasteiger charge is -2.19. The van der Waals surface area contributed by atoms with Crippen LogP contribution in [0.5, 0.6) is 5.75 Å². The van der Waals surface area contributed by atoms with Gasteiger partial charge in [-0.05, 0) is 47.9 Å². The molecule has 0 saturated heterocycles. The van der Waals surface area contributed by atoms with Crippen molar-refractivity contribution < 1.29 is 9.53 Å². The number of carbonyl (C=O) groups is 1. The molecule has 7 nitrogen and oxygen atoms in total. The number of aromatic nitrogens is 4. The van der Waals surface area contributed by atoms with Gasteiger partial charge >= 0.3 is 0 Å². The summed E-state index contributed by atoms with van der Waals surface area (Å²) in [5.74, 6) is 0.514. The summed E-state index contributed by atoms with van der Waals surface area (Å²) < 4.78 is 7.54. The first-order valence-electron chi connectivity index (χ1n) is 10.3. The van der Waals surface area contributed by atoms with Gasteiger partial charge in [-0.15, -0.1) is 5.10 Å². The molecule has 1 aliphatic rings. The minimum atomic E-state index is -0.493. The van der Waals surface area contributed by atoms with Gasteiger partial charge in [-0.1, -0.05) is 67.1 Å². The summed E-state index contributed by atoms with van der Waals surface area (Å²) in [5, 5.41) is 15.5. The standard InChI is InChI=1S/C22H25N5O2S/c1-2-29-19-15-9-8-14-18(19)23-21(28)20(16-10-4-3-5-11-16)30-22-24-25-26-27(22)17-12-6-7-13-17/h3-5,8-11,14-15,17,20H,2,6-7,12-13H2,1H3,(H,23,28)/t20-/m0/s1. The lowest BCUT2D eigenvalue weighted by molar-refractivity contribution is -0.115. The number of hydrogen-bond acceptors (Lipinski definition) is 6. The fraction of sp³-hybridized carbons (Fsp3) is 0.364. The molecule has 3 aromatic rings. The third-order valence-electron chi connectivity index (χ3n) is 5.14. The third kappa shape index (κ3) is 4.64. The molecule has 0 unspecified atom stereocenters. The molecule has 1 saturated carbocycles. The van der Waals surface area contributed by atoms with E-state index in [-0.39, 0.29) is 5.91 Å². The first kappa shape index (κ1) is 20.4. The number of benzene rings is 2. The largest absolute Gasteiger partial charge is 0.492 e. The Hall–Kier alpha value is -2.87. The van der Waals surface area contributed by atoms with Crippen LogP contribution in [0.1, 0.15) is 49.5 Å². The molecular weight excluding hydrogens is 398 g/mol. The van der Waals surface area contributed by atoms with Crippen molar-refractivity contribution >= 4 is 23.4 Å². The van der Waals surface area contributed by atoms with Gasteiger partial charge in [-0.25, -0.2) is 4.68 Å². The number of rotatable bonds is 8. The molecule has 1 aromatic heterocycles. The van der Waals surface area contributed by atoms with Gasteiger partial charge in [0.2, 0.25) is 11.1 Å². The highest BCUT2D eigenvalue weighted by atomic mass is 32.2. The van der Waals surface area contributed by atoms with E-state index in [0.29, 0.717) is 29.2 Å². The van der Waals surface area contributed by atoms with E-state index in [4.69, 9.17) is 4.74 Å². The smallest absolute Gasteiger partial charge is 0.242 e. The Morgan fingerprint density at radius 1 is 1.17 bits per heavy atom. The van der Waals surface area contributed by atoms with Crippen LogP contribution in [-0.2, 0) is 4.79 Å². The Morgan fingerprint density at radius 3 is 2.67 bits per heavy atom. The van der Waals surface area contributed by atoms with Crippen molar-refractivity contribution in [1.29, 1.82) is 0 Å². The van der Waals surface area contributed by atoms with E-state index in [1.807, 2.05) is 66.2 Å². The molecule has 30 heavy (non-hydrogen) atoms. The summed E-state index contributed by atoms with van der Waals surface area (Å²) in [6.45, 7) is 2.45. The number of amides is 1. The van der Waals surface area contributed by atoms with Crippen LogP contribution in [0.3, 0.4) is 0 Å². The Labute approximate surface area is 180 Å². The third-order valence-corrected chi connectivity index (χ3v) is 6.34. The maximum absolute atomic E-state index is 13.4. The van der Waals surface area contributed by atoms with E-state index < -0.39 is 5.25 Å². The van der Waals surface area contributed by atoms with Gasteiger partial charge in [-0.3, -0.25) is 4.79 Å². The Bertz CT molecular complexity index is 972. The van der Waals surface area contributed by atoms with Gasteiger partial charge in [0.1, 0.15) is 11.0 Å². The summed E-state index contributed by atoms with van der Waals surface area (Å²) in [6.07, 6.45) is 4.52. The minimum Gasteiger partial charge on any atom is -0.492 e. The first-order valence-corrected chi connectivity index (χ1v) is 11.2. The molecule has 2 aromatic carbocycles. The number of ether oxygens (including phenoxy) is 1. The molecule has 1 N–H and O–H groups in total. The van der Waals surface area contributed by atoms with Crippen LogP contribution in [0, 0.1) is 0 Å². The number of hydrogen-bond donors (Lipinski definition) is 1. The molecule has 4 rings (SSSR count). The van der Waals surface area contributed by atoms with Crippen LogP contribution in [0.4, 0.5) is 5.69 Å². The number of nitrogens with one attached hydrogen (secondary N) is 1. The van der Waals surface area contributed by atoms with Crippen LogP contribution in [0.2, 0.25) is 0 Å². The second-order valence-corrected chi connectivity index (χ2v) is 8.24. The highest BCUT2D eigenvalue weighted by Gasteiger charge is 2.28. The van der Waals surface area contributed by atoms with Gasteiger partial charge in [-0.2, -0.15) is 0 Å². The van der Waals surface area contributed by atoms with Crippen LogP contribution in [-0.4, -0.2) is 32.7 Å². The number of carbonyl (C=O) groups excluding carboxylic acids is 1. The van der Waals surface area contributed by atoms with Crippen LogP contribution < -0.4 is 10.1 Å². The zero-order valence-electron chi connectivity index (χ0n) is 16.9. The zero-order valence-corrected chi connectivity index (χ0v) is 17.7. The van der Waals surface area contributed by atoms with Crippen molar-refractivity contribution in [2.75, 3.05) is 11.9 Å². The highest BCUT2D eigenvalue weighted by molar-refractivity contribution is 8.00. The van der Waals surface area contributed by atoms with Crippen molar-refractivity contribution in [3.63, 3.8) is 0 Å². The van der Waals surface area contributed by atoms with E-state index in [1.165, 1.54) is 24.6 Å². The molecule has 156 valence electrons. The Morgan fingerprint density at radius 2 is 1.90 bits per heavy atom. The SMILES string of the molecule is CCOc1ccccc1NC(=O)[C@@H](Sc1nnnn1C1CCCC1)c1ccccc1. The second kappa shape index (κ2) is 9.75. The Balaban J connectivity index is 1.60. The molecule has 0 spiro atoms. The quantitative estimate of drug-likeness (QED) is 0.531. The first-order chi connectivity index (χ1) is 14.8. The number of tetrazole rings is 1. The molecule has 1 aliphatic carbocycles. The second-order valence-electron chi connectivity index (χ2n) is 7.17.